The maximum absolute atomic E-state index is 6.19. The molecule has 4 aromatic carbocycles. The molecule has 180 valence electrons. The van der Waals surface area contributed by atoms with Gasteiger partial charge in [0, 0.05) is 16.3 Å². The molecule has 0 saturated heterocycles. The first-order valence-electron chi connectivity index (χ1n) is 11.3. The molecular weight excluding hydrogens is 632 g/mol. The van der Waals surface area contributed by atoms with Gasteiger partial charge in [0.2, 0.25) is 5.44 Å². The molecule has 5 rings (SSSR count). The summed E-state index contributed by atoms with van der Waals surface area (Å²) in [7, 11) is -2.27. The molecule has 0 aliphatic rings. The number of hydrogen-bond acceptors (Lipinski definition) is 3. The third-order valence-corrected chi connectivity index (χ3v) is 12.8. The van der Waals surface area contributed by atoms with E-state index >= 15 is 0 Å². The van der Waals surface area contributed by atoms with E-state index in [0.717, 1.165) is 26.8 Å². The van der Waals surface area contributed by atoms with E-state index in [1.165, 1.54) is 20.1 Å². The average molecular weight is 657 g/mol. The Morgan fingerprint density at radius 1 is 0.750 bits per heavy atom. The summed E-state index contributed by atoms with van der Waals surface area (Å²) < 4.78 is 1.24. The van der Waals surface area contributed by atoms with Crippen molar-refractivity contribution in [3.05, 3.63) is 133 Å². The van der Waals surface area contributed by atoms with E-state index in [4.69, 9.17) is 16.6 Å². The summed E-state index contributed by atoms with van der Waals surface area (Å²) in [6, 6.07) is 40.6. The largest absolute Gasteiger partial charge is 0.223 e. The molecule has 0 N–H and O–H groups in total. The van der Waals surface area contributed by atoms with Gasteiger partial charge in [-0.1, -0.05) is 84.4 Å². The second kappa shape index (κ2) is 12.5. The minimum absolute atomic E-state index is 0. The zero-order valence-electron chi connectivity index (χ0n) is 19.5. The fourth-order valence-electron chi connectivity index (χ4n) is 4.22. The summed E-state index contributed by atoms with van der Waals surface area (Å²) >= 11 is 9.76. The van der Waals surface area contributed by atoms with Crippen molar-refractivity contribution in [1.82, 2.24) is 4.98 Å². The van der Waals surface area contributed by atoms with Crippen molar-refractivity contribution < 1.29 is 0 Å². The Morgan fingerprint density at radius 3 is 1.67 bits per heavy atom. The van der Waals surface area contributed by atoms with Crippen LogP contribution in [0.3, 0.4) is 0 Å². The zero-order valence-corrected chi connectivity index (χ0v) is 25.1. The van der Waals surface area contributed by atoms with Gasteiger partial charge in [0.25, 0.3) is 0 Å². The summed E-state index contributed by atoms with van der Waals surface area (Å²) in [4.78, 5) is 5.43. The fourth-order valence-corrected chi connectivity index (χ4v) is 11.4. The van der Waals surface area contributed by atoms with Gasteiger partial charge >= 0.3 is 0 Å². The molecule has 0 amide bonds. The van der Waals surface area contributed by atoms with Gasteiger partial charge in [-0.2, -0.15) is 4.98 Å². The van der Waals surface area contributed by atoms with E-state index in [1.807, 2.05) is 30.0 Å². The Hall–Kier alpha value is -1.95. The Bertz CT molecular complexity index is 1310. The standard InChI is InChI=1S/C30H24ClNPS2.HI/c1-2-22-34-30-28(32-29(35-30)23-18-20-24(31)21-19-23)33(25-12-6-3-7-13-25,26-14-8-4-9-15-26)27-16-10-5-11-17-27;/h2-21H,1,22H2;1H/q+1;. The van der Waals surface area contributed by atoms with Gasteiger partial charge in [-0.15, -0.1) is 53.7 Å². The summed E-state index contributed by atoms with van der Waals surface area (Å²) in [6.45, 7) is 3.97. The zero-order chi connectivity index (χ0) is 24.1. The summed E-state index contributed by atoms with van der Waals surface area (Å²) in [5, 5.41) is 5.63. The quantitative estimate of drug-likeness (QED) is 0.0727. The van der Waals surface area contributed by atoms with E-state index in [1.54, 1.807) is 11.3 Å². The van der Waals surface area contributed by atoms with Crippen LogP contribution in [0.15, 0.2) is 132 Å². The first-order chi connectivity index (χ1) is 17.2. The van der Waals surface area contributed by atoms with Gasteiger partial charge in [-0.05, 0) is 48.5 Å². The molecular formula is C30H25ClINPS2+. The molecule has 0 atom stereocenters. The van der Waals surface area contributed by atoms with Crippen LogP contribution in [0.2, 0.25) is 5.02 Å². The summed E-state index contributed by atoms with van der Waals surface area (Å²) in [6.07, 6.45) is 1.96. The molecule has 36 heavy (non-hydrogen) atoms. The molecule has 1 nitrogen and oxygen atoms in total. The first-order valence-corrected chi connectivity index (χ1v) is 15.3. The van der Waals surface area contributed by atoms with Crippen LogP contribution in [0.4, 0.5) is 0 Å². The minimum Gasteiger partial charge on any atom is -0.200 e. The molecule has 6 heteroatoms. The summed E-state index contributed by atoms with van der Waals surface area (Å²) in [5.74, 6) is 0.827. The van der Waals surface area contributed by atoms with Crippen molar-refractivity contribution in [2.45, 2.75) is 4.21 Å². The van der Waals surface area contributed by atoms with Crippen LogP contribution in [-0.2, 0) is 0 Å². The van der Waals surface area contributed by atoms with Crippen molar-refractivity contribution >= 4 is 87.3 Å². The smallest absolute Gasteiger partial charge is 0.200 e. The fraction of sp³-hybridized carbons (Fsp3) is 0.0333. The van der Waals surface area contributed by atoms with Crippen LogP contribution < -0.4 is 21.3 Å². The topological polar surface area (TPSA) is 12.9 Å². The average Bonchev–Trinajstić information content (AvgIpc) is 3.34. The summed E-state index contributed by atoms with van der Waals surface area (Å²) in [5.41, 5.74) is 2.24. The number of benzene rings is 4. The Labute approximate surface area is 244 Å². The molecule has 0 radical (unpaired) electrons. The van der Waals surface area contributed by atoms with Crippen molar-refractivity contribution in [2.24, 2.45) is 0 Å². The highest BCUT2D eigenvalue weighted by molar-refractivity contribution is 14.0. The predicted molar refractivity (Wildman–Crippen MR) is 174 cm³/mol. The molecule has 1 aromatic heterocycles. The lowest BCUT2D eigenvalue weighted by molar-refractivity contribution is 1.44. The molecule has 0 unspecified atom stereocenters. The van der Waals surface area contributed by atoms with E-state index in [9.17, 15) is 0 Å². The van der Waals surface area contributed by atoms with E-state index in [2.05, 4.69) is 110 Å². The number of thioether (sulfide) groups is 1. The van der Waals surface area contributed by atoms with Crippen molar-refractivity contribution in [1.29, 1.82) is 0 Å². The maximum atomic E-state index is 6.19. The van der Waals surface area contributed by atoms with Gasteiger partial charge in [0.1, 0.15) is 25.1 Å². The number of aromatic nitrogens is 1. The Morgan fingerprint density at radius 2 is 1.22 bits per heavy atom. The minimum atomic E-state index is -2.27. The highest BCUT2D eigenvalue weighted by Gasteiger charge is 2.52. The molecule has 5 aromatic rings. The number of hydrogen-bond donors (Lipinski definition) is 0. The van der Waals surface area contributed by atoms with Crippen molar-refractivity contribution in [3.8, 4) is 10.6 Å². The number of thiazole rings is 1. The lowest BCUT2D eigenvalue weighted by Gasteiger charge is -2.26. The van der Waals surface area contributed by atoms with Gasteiger partial charge in [0.15, 0.2) is 7.26 Å². The molecule has 1 heterocycles. The third-order valence-electron chi connectivity index (χ3n) is 5.75. The lowest BCUT2D eigenvalue weighted by atomic mass is 10.2. The molecule has 0 spiro atoms. The van der Waals surface area contributed by atoms with Gasteiger partial charge < -0.3 is 0 Å². The number of nitrogens with zero attached hydrogens (tertiary/aromatic N) is 1. The van der Waals surface area contributed by atoms with E-state index in [-0.39, 0.29) is 24.0 Å². The van der Waals surface area contributed by atoms with Gasteiger partial charge in [-0.3, -0.25) is 0 Å². The van der Waals surface area contributed by atoms with Crippen molar-refractivity contribution in [3.63, 3.8) is 0 Å². The highest BCUT2D eigenvalue weighted by atomic mass is 127. The Balaban J connectivity index is 0.00000304. The number of rotatable bonds is 8. The molecule has 0 aliphatic heterocycles. The monoisotopic (exact) mass is 656 g/mol. The van der Waals surface area contributed by atoms with Crippen LogP contribution in [0.1, 0.15) is 0 Å². The normalized spacial score (nSPS) is 11.0. The lowest BCUT2D eigenvalue weighted by Crippen LogP contribution is -2.39. The number of halogens is 2. The van der Waals surface area contributed by atoms with Gasteiger partial charge in [-0.25, -0.2) is 0 Å². The van der Waals surface area contributed by atoms with Crippen LogP contribution in [0.25, 0.3) is 10.6 Å². The van der Waals surface area contributed by atoms with Crippen LogP contribution in [0, 0.1) is 0 Å². The second-order valence-corrected chi connectivity index (χ2v) is 14.0. The van der Waals surface area contributed by atoms with Crippen LogP contribution >= 0.6 is 65.9 Å². The van der Waals surface area contributed by atoms with Crippen LogP contribution in [0.5, 0.6) is 0 Å². The Kier molecular flexibility index (Phi) is 9.43. The first kappa shape index (κ1) is 27.1. The molecule has 0 aliphatic carbocycles. The maximum Gasteiger partial charge on any atom is 0.223 e. The predicted octanol–water partition coefficient (Wildman–Crippen LogP) is 7.98. The highest BCUT2D eigenvalue weighted by Crippen LogP contribution is 2.56. The van der Waals surface area contributed by atoms with E-state index < -0.39 is 7.26 Å². The second-order valence-electron chi connectivity index (χ2n) is 7.91. The SMILES string of the molecule is C=CCSc1sc(-c2ccc(Cl)cc2)nc1[P+](c1ccccc1)(c1ccccc1)c1ccccc1.I. The molecule has 0 saturated carbocycles. The van der Waals surface area contributed by atoms with E-state index in [0.29, 0.717) is 0 Å². The third kappa shape index (κ3) is 5.34. The van der Waals surface area contributed by atoms with Gasteiger partial charge in [0.05, 0.1) is 0 Å². The molecule has 0 bridgehead atoms. The van der Waals surface area contributed by atoms with Crippen LogP contribution in [-0.4, -0.2) is 10.7 Å². The molecule has 0 fully saturated rings. The van der Waals surface area contributed by atoms with Crippen molar-refractivity contribution in [2.75, 3.05) is 5.75 Å².